The summed E-state index contributed by atoms with van der Waals surface area (Å²) in [4.78, 5) is 15.8. The van der Waals surface area contributed by atoms with Gasteiger partial charge in [0, 0.05) is 24.4 Å². The maximum atomic E-state index is 5.96. The van der Waals surface area contributed by atoms with Crippen LogP contribution in [-0.4, -0.2) is 34.1 Å². The zero-order valence-electron chi connectivity index (χ0n) is 12.6. The highest BCUT2D eigenvalue weighted by atomic mass is 35.5. The molecule has 5 nitrogen and oxygen atoms in total. The molecule has 0 fully saturated rings. The van der Waals surface area contributed by atoms with Crippen molar-refractivity contribution in [2.24, 2.45) is 0 Å². The van der Waals surface area contributed by atoms with Crippen LogP contribution in [0.5, 0.6) is 6.01 Å². The van der Waals surface area contributed by atoms with Gasteiger partial charge in [-0.05, 0) is 43.8 Å². The Labute approximate surface area is 134 Å². The van der Waals surface area contributed by atoms with Crippen molar-refractivity contribution in [2.75, 3.05) is 11.9 Å². The van der Waals surface area contributed by atoms with Crippen LogP contribution in [0.2, 0.25) is 5.28 Å². The quantitative estimate of drug-likeness (QED) is 0.814. The molecule has 2 rings (SSSR count). The van der Waals surface area contributed by atoms with Gasteiger partial charge in [0.05, 0.1) is 6.10 Å². The van der Waals surface area contributed by atoms with E-state index in [2.05, 4.69) is 39.4 Å². The Hall–Kier alpha value is -1.40. The lowest BCUT2D eigenvalue weighted by atomic mass is 10.2. The summed E-state index contributed by atoms with van der Waals surface area (Å²) >= 11 is 7.71. The predicted octanol–water partition coefficient (Wildman–Crippen LogP) is 3.44. The van der Waals surface area contributed by atoms with E-state index in [1.165, 1.54) is 4.88 Å². The maximum absolute atomic E-state index is 5.96. The number of nitrogens with zero attached hydrogens (tertiary/aromatic N) is 4. The van der Waals surface area contributed by atoms with Crippen LogP contribution in [0.3, 0.4) is 0 Å². The lowest BCUT2D eigenvalue weighted by Gasteiger charge is -2.24. The van der Waals surface area contributed by atoms with E-state index in [4.69, 9.17) is 16.3 Å². The van der Waals surface area contributed by atoms with Crippen LogP contribution in [0, 0.1) is 0 Å². The molecule has 2 aromatic rings. The Morgan fingerprint density at radius 1 is 1.29 bits per heavy atom. The monoisotopic (exact) mass is 326 g/mol. The summed E-state index contributed by atoms with van der Waals surface area (Å²) in [6, 6.07) is 4.69. The molecule has 2 aromatic heterocycles. The Morgan fingerprint density at radius 2 is 2.05 bits per heavy atom. The molecule has 1 atom stereocenters. The fraction of sp³-hybridized carbons (Fsp3) is 0.500. The summed E-state index contributed by atoms with van der Waals surface area (Å²) in [5, 5.41) is 2.22. The van der Waals surface area contributed by atoms with Crippen LogP contribution in [0.4, 0.5) is 5.95 Å². The molecule has 0 amide bonds. The SMILES string of the molecule is CC(C)Oc1nc(Cl)nc(N(C)C(C)Cc2cccs2)n1. The second kappa shape index (κ2) is 7.04. The molecule has 114 valence electrons. The summed E-state index contributed by atoms with van der Waals surface area (Å²) in [7, 11) is 1.95. The van der Waals surface area contributed by atoms with E-state index in [9.17, 15) is 0 Å². The third-order valence-corrected chi connectivity index (χ3v) is 4.04. The number of ether oxygens (including phenoxy) is 1. The molecule has 21 heavy (non-hydrogen) atoms. The average Bonchev–Trinajstić information content (AvgIpc) is 2.89. The van der Waals surface area contributed by atoms with Gasteiger partial charge < -0.3 is 9.64 Å². The summed E-state index contributed by atoms with van der Waals surface area (Å²) < 4.78 is 5.50. The summed E-state index contributed by atoms with van der Waals surface area (Å²) in [5.41, 5.74) is 0. The molecular weight excluding hydrogens is 308 g/mol. The summed E-state index contributed by atoms with van der Waals surface area (Å²) in [6.45, 7) is 5.96. The molecule has 0 bridgehead atoms. The Bertz CT molecular complexity index is 576. The Kier molecular flexibility index (Phi) is 5.36. The first-order valence-corrected chi connectivity index (χ1v) is 8.05. The van der Waals surface area contributed by atoms with Gasteiger partial charge in [0.15, 0.2) is 0 Å². The molecule has 0 radical (unpaired) electrons. The number of anilines is 1. The van der Waals surface area contributed by atoms with E-state index in [-0.39, 0.29) is 23.4 Å². The van der Waals surface area contributed by atoms with E-state index in [0.29, 0.717) is 5.95 Å². The molecule has 0 aromatic carbocycles. The standard InChI is InChI=1S/C14H19ClN4OS/c1-9(2)20-14-17-12(15)16-13(18-14)19(4)10(3)8-11-6-5-7-21-11/h5-7,9-10H,8H2,1-4H3. The van der Waals surface area contributed by atoms with E-state index in [0.717, 1.165) is 6.42 Å². The first-order valence-electron chi connectivity index (χ1n) is 6.79. The second-order valence-electron chi connectivity index (χ2n) is 5.10. The van der Waals surface area contributed by atoms with E-state index in [1.54, 1.807) is 11.3 Å². The van der Waals surface area contributed by atoms with Crippen molar-refractivity contribution in [3.05, 3.63) is 27.7 Å². The van der Waals surface area contributed by atoms with Crippen LogP contribution in [-0.2, 0) is 6.42 Å². The number of rotatable bonds is 6. The number of thiophene rings is 1. The fourth-order valence-corrected chi connectivity index (χ4v) is 2.77. The van der Waals surface area contributed by atoms with Crippen LogP contribution < -0.4 is 9.64 Å². The molecule has 7 heteroatoms. The molecule has 0 spiro atoms. The molecule has 0 saturated carbocycles. The number of hydrogen-bond donors (Lipinski definition) is 0. The lowest BCUT2D eigenvalue weighted by Crippen LogP contribution is -2.32. The van der Waals surface area contributed by atoms with Gasteiger partial charge in [0.25, 0.3) is 0 Å². The fourth-order valence-electron chi connectivity index (χ4n) is 1.80. The van der Waals surface area contributed by atoms with Crippen molar-refractivity contribution in [3.63, 3.8) is 0 Å². The van der Waals surface area contributed by atoms with Crippen molar-refractivity contribution in [1.29, 1.82) is 0 Å². The summed E-state index contributed by atoms with van der Waals surface area (Å²) in [6.07, 6.45) is 0.919. The summed E-state index contributed by atoms with van der Waals surface area (Å²) in [5.74, 6) is 0.523. The highest BCUT2D eigenvalue weighted by Crippen LogP contribution is 2.19. The van der Waals surface area contributed by atoms with E-state index >= 15 is 0 Å². The highest BCUT2D eigenvalue weighted by molar-refractivity contribution is 7.09. The normalized spacial score (nSPS) is 12.5. The average molecular weight is 327 g/mol. The molecule has 0 aliphatic carbocycles. The molecule has 0 aliphatic heterocycles. The number of hydrogen-bond acceptors (Lipinski definition) is 6. The highest BCUT2D eigenvalue weighted by Gasteiger charge is 2.17. The molecular formula is C14H19ClN4OS. The molecule has 0 N–H and O–H groups in total. The van der Waals surface area contributed by atoms with Gasteiger partial charge in [-0.1, -0.05) is 6.07 Å². The number of halogens is 1. The van der Waals surface area contributed by atoms with Gasteiger partial charge in [-0.25, -0.2) is 0 Å². The second-order valence-corrected chi connectivity index (χ2v) is 6.47. The van der Waals surface area contributed by atoms with Gasteiger partial charge in [-0.3, -0.25) is 0 Å². The van der Waals surface area contributed by atoms with Gasteiger partial charge in [0.2, 0.25) is 11.2 Å². The first-order chi connectivity index (χ1) is 9.95. The maximum Gasteiger partial charge on any atom is 0.322 e. The van der Waals surface area contributed by atoms with Crippen LogP contribution in [0.25, 0.3) is 0 Å². The smallest absolute Gasteiger partial charge is 0.322 e. The van der Waals surface area contributed by atoms with Gasteiger partial charge in [-0.2, -0.15) is 15.0 Å². The topological polar surface area (TPSA) is 51.1 Å². The van der Waals surface area contributed by atoms with Crippen molar-refractivity contribution >= 4 is 28.9 Å². The molecule has 0 saturated heterocycles. The first kappa shape index (κ1) is 16.0. The Balaban J connectivity index is 2.13. The minimum atomic E-state index is -0.00911. The van der Waals surface area contributed by atoms with Crippen LogP contribution in [0.1, 0.15) is 25.6 Å². The van der Waals surface area contributed by atoms with Crippen LogP contribution in [0.15, 0.2) is 17.5 Å². The zero-order chi connectivity index (χ0) is 15.4. The predicted molar refractivity (Wildman–Crippen MR) is 86.5 cm³/mol. The van der Waals surface area contributed by atoms with Gasteiger partial charge in [-0.15, -0.1) is 11.3 Å². The van der Waals surface area contributed by atoms with Crippen molar-refractivity contribution in [2.45, 2.75) is 39.3 Å². The van der Waals surface area contributed by atoms with Gasteiger partial charge in [0.1, 0.15) is 0 Å². The van der Waals surface area contributed by atoms with Crippen molar-refractivity contribution in [3.8, 4) is 6.01 Å². The Morgan fingerprint density at radius 3 is 2.67 bits per heavy atom. The molecule has 2 heterocycles. The van der Waals surface area contributed by atoms with Crippen molar-refractivity contribution in [1.82, 2.24) is 15.0 Å². The van der Waals surface area contributed by atoms with E-state index < -0.39 is 0 Å². The van der Waals surface area contributed by atoms with Gasteiger partial charge >= 0.3 is 6.01 Å². The van der Waals surface area contributed by atoms with E-state index in [1.807, 2.05) is 25.8 Å². The zero-order valence-corrected chi connectivity index (χ0v) is 14.1. The third kappa shape index (κ3) is 4.54. The minimum absolute atomic E-state index is 0.00911. The molecule has 0 aliphatic rings. The number of likely N-dealkylation sites (N-methyl/N-ethyl adjacent to an activating group) is 1. The third-order valence-electron chi connectivity index (χ3n) is 2.97. The molecule has 1 unspecified atom stereocenters. The van der Waals surface area contributed by atoms with Crippen LogP contribution >= 0.6 is 22.9 Å². The number of aromatic nitrogens is 3. The lowest BCUT2D eigenvalue weighted by molar-refractivity contribution is 0.221. The largest absolute Gasteiger partial charge is 0.461 e. The minimum Gasteiger partial charge on any atom is -0.461 e. The van der Waals surface area contributed by atoms with Crippen molar-refractivity contribution < 1.29 is 4.74 Å².